The van der Waals surface area contributed by atoms with Crippen molar-refractivity contribution in [2.45, 2.75) is 26.7 Å². The highest BCUT2D eigenvalue weighted by Crippen LogP contribution is 2.30. The third-order valence-electron chi connectivity index (χ3n) is 2.64. The second-order valence-corrected chi connectivity index (χ2v) is 4.60. The van der Waals surface area contributed by atoms with Crippen molar-refractivity contribution >= 4 is 5.69 Å². The van der Waals surface area contributed by atoms with Gasteiger partial charge >= 0.3 is 6.01 Å². The standard InChI is InChI=1S/C14H17N3O/c1-9(2)12-5-4-10(3)6-13(12)18-14-16-7-11(15)8-17-14/h4-9H,15H2,1-3H3. The van der Waals surface area contributed by atoms with Crippen molar-refractivity contribution < 1.29 is 4.74 Å². The fourth-order valence-electron chi connectivity index (χ4n) is 1.68. The van der Waals surface area contributed by atoms with Crippen LogP contribution in [0.25, 0.3) is 0 Å². The smallest absolute Gasteiger partial charge is 0.322 e. The van der Waals surface area contributed by atoms with Crippen LogP contribution in [-0.2, 0) is 0 Å². The monoisotopic (exact) mass is 243 g/mol. The largest absolute Gasteiger partial charge is 0.424 e. The number of anilines is 1. The Kier molecular flexibility index (Phi) is 3.46. The molecule has 0 aliphatic carbocycles. The highest BCUT2D eigenvalue weighted by molar-refractivity contribution is 5.41. The van der Waals surface area contributed by atoms with Gasteiger partial charge in [0.25, 0.3) is 0 Å². The highest BCUT2D eigenvalue weighted by atomic mass is 16.5. The SMILES string of the molecule is Cc1ccc(C(C)C)c(Oc2ncc(N)cn2)c1. The molecule has 2 rings (SSSR count). The fourth-order valence-corrected chi connectivity index (χ4v) is 1.68. The molecule has 2 aromatic rings. The van der Waals surface area contributed by atoms with Crippen molar-refractivity contribution in [3.63, 3.8) is 0 Å². The van der Waals surface area contributed by atoms with Gasteiger partial charge in [0.2, 0.25) is 0 Å². The quantitative estimate of drug-likeness (QED) is 0.898. The summed E-state index contributed by atoms with van der Waals surface area (Å²) in [6.45, 7) is 6.28. The molecule has 0 fully saturated rings. The molecule has 94 valence electrons. The van der Waals surface area contributed by atoms with Crippen LogP contribution < -0.4 is 10.5 Å². The number of benzene rings is 1. The van der Waals surface area contributed by atoms with Crippen LogP contribution in [0.3, 0.4) is 0 Å². The molecule has 4 heteroatoms. The van der Waals surface area contributed by atoms with Crippen molar-refractivity contribution in [1.29, 1.82) is 0 Å². The summed E-state index contributed by atoms with van der Waals surface area (Å²) in [6, 6.07) is 6.46. The van der Waals surface area contributed by atoms with Crippen LogP contribution in [0.1, 0.15) is 30.9 Å². The molecule has 0 amide bonds. The molecule has 0 saturated heterocycles. The maximum absolute atomic E-state index is 5.73. The Hall–Kier alpha value is -2.10. The van der Waals surface area contributed by atoms with E-state index in [9.17, 15) is 0 Å². The lowest BCUT2D eigenvalue weighted by atomic mass is 10.0. The summed E-state index contributed by atoms with van der Waals surface area (Å²) >= 11 is 0. The molecule has 1 heterocycles. The van der Waals surface area contributed by atoms with Gasteiger partial charge < -0.3 is 10.5 Å². The second-order valence-electron chi connectivity index (χ2n) is 4.60. The normalized spacial score (nSPS) is 10.7. The van der Waals surface area contributed by atoms with Crippen LogP contribution in [0.2, 0.25) is 0 Å². The van der Waals surface area contributed by atoms with Gasteiger partial charge in [-0.25, -0.2) is 9.97 Å². The first kappa shape index (κ1) is 12.4. The summed E-state index contributed by atoms with van der Waals surface area (Å²) in [6.07, 6.45) is 3.07. The molecule has 0 aliphatic heterocycles. The Morgan fingerprint density at radius 3 is 2.44 bits per heavy atom. The number of aromatic nitrogens is 2. The molecular formula is C14H17N3O. The first-order chi connectivity index (χ1) is 8.56. The van der Waals surface area contributed by atoms with E-state index in [1.807, 2.05) is 13.0 Å². The van der Waals surface area contributed by atoms with Crippen molar-refractivity contribution in [2.24, 2.45) is 0 Å². The van der Waals surface area contributed by atoms with Gasteiger partial charge in [-0.1, -0.05) is 26.0 Å². The molecule has 0 aliphatic rings. The lowest BCUT2D eigenvalue weighted by molar-refractivity contribution is 0.434. The Morgan fingerprint density at radius 1 is 1.17 bits per heavy atom. The molecule has 0 atom stereocenters. The topological polar surface area (TPSA) is 61.0 Å². The van der Waals surface area contributed by atoms with Gasteiger partial charge in [-0.05, 0) is 30.0 Å². The molecule has 1 aromatic heterocycles. The van der Waals surface area contributed by atoms with Crippen molar-refractivity contribution in [2.75, 3.05) is 5.73 Å². The van der Waals surface area contributed by atoms with Gasteiger partial charge in [-0.15, -0.1) is 0 Å². The minimum absolute atomic E-state index is 0.316. The summed E-state index contributed by atoms with van der Waals surface area (Å²) in [5, 5.41) is 0. The summed E-state index contributed by atoms with van der Waals surface area (Å²) < 4.78 is 5.73. The third-order valence-corrected chi connectivity index (χ3v) is 2.64. The van der Waals surface area contributed by atoms with E-state index in [-0.39, 0.29) is 0 Å². The molecule has 2 N–H and O–H groups in total. The number of nitrogens with zero attached hydrogens (tertiary/aromatic N) is 2. The molecule has 0 saturated carbocycles. The number of hydrogen-bond acceptors (Lipinski definition) is 4. The zero-order chi connectivity index (χ0) is 13.1. The van der Waals surface area contributed by atoms with E-state index in [1.165, 1.54) is 12.4 Å². The molecule has 0 spiro atoms. The number of aryl methyl sites for hydroxylation is 1. The molecule has 0 bridgehead atoms. The minimum atomic E-state index is 0.316. The van der Waals surface area contributed by atoms with Gasteiger partial charge in [0.1, 0.15) is 5.75 Å². The average molecular weight is 243 g/mol. The molecule has 0 radical (unpaired) electrons. The Bertz CT molecular complexity index is 535. The predicted molar refractivity (Wildman–Crippen MR) is 71.8 cm³/mol. The maximum Gasteiger partial charge on any atom is 0.322 e. The first-order valence-electron chi connectivity index (χ1n) is 5.92. The lowest BCUT2D eigenvalue weighted by Crippen LogP contribution is -1.98. The van der Waals surface area contributed by atoms with Crippen LogP contribution in [0.15, 0.2) is 30.6 Å². The van der Waals surface area contributed by atoms with Gasteiger partial charge in [0, 0.05) is 0 Å². The minimum Gasteiger partial charge on any atom is -0.424 e. The van der Waals surface area contributed by atoms with Crippen LogP contribution in [0.4, 0.5) is 5.69 Å². The number of nitrogens with two attached hydrogens (primary N) is 1. The predicted octanol–water partition coefficient (Wildman–Crippen LogP) is 3.28. The maximum atomic E-state index is 5.73. The van der Waals surface area contributed by atoms with E-state index in [1.54, 1.807) is 0 Å². The second kappa shape index (κ2) is 5.04. The Labute approximate surface area is 107 Å². The summed E-state index contributed by atoms with van der Waals surface area (Å²) in [5.74, 6) is 1.18. The van der Waals surface area contributed by atoms with Crippen LogP contribution in [0.5, 0.6) is 11.8 Å². The van der Waals surface area contributed by atoms with Crippen molar-refractivity contribution in [1.82, 2.24) is 9.97 Å². The summed E-state index contributed by atoms with van der Waals surface area (Å²) in [5.41, 5.74) is 8.35. The fraction of sp³-hybridized carbons (Fsp3) is 0.286. The number of rotatable bonds is 3. The number of ether oxygens (including phenoxy) is 1. The van der Waals surface area contributed by atoms with E-state index in [0.29, 0.717) is 17.6 Å². The molecule has 0 unspecified atom stereocenters. The Morgan fingerprint density at radius 2 is 1.83 bits per heavy atom. The number of nitrogen functional groups attached to an aromatic ring is 1. The average Bonchev–Trinajstić information content (AvgIpc) is 2.32. The van der Waals surface area contributed by atoms with E-state index in [4.69, 9.17) is 10.5 Å². The van der Waals surface area contributed by atoms with Crippen LogP contribution >= 0.6 is 0 Å². The lowest BCUT2D eigenvalue weighted by Gasteiger charge is -2.13. The molecule has 4 nitrogen and oxygen atoms in total. The van der Waals surface area contributed by atoms with E-state index < -0.39 is 0 Å². The third kappa shape index (κ3) is 2.77. The van der Waals surface area contributed by atoms with E-state index in [0.717, 1.165) is 16.9 Å². The highest BCUT2D eigenvalue weighted by Gasteiger charge is 2.10. The van der Waals surface area contributed by atoms with E-state index >= 15 is 0 Å². The number of hydrogen-bond donors (Lipinski definition) is 1. The summed E-state index contributed by atoms with van der Waals surface area (Å²) in [4.78, 5) is 8.09. The van der Waals surface area contributed by atoms with Gasteiger partial charge in [-0.2, -0.15) is 0 Å². The Balaban J connectivity index is 2.32. The van der Waals surface area contributed by atoms with Gasteiger partial charge in [0.05, 0.1) is 18.1 Å². The van der Waals surface area contributed by atoms with Crippen LogP contribution in [-0.4, -0.2) is 9.97 Å². The molecular weight excluding hydrogens is 226 g/mol. The first-order valence-corrected chi connectivity index (χ1v) is 5.92. The van der Waals surface area contributed by atoms with Crippen molar-refractivity contribution in [3.05, 3.63) is 41.7 Å². The van der Waals surface area contributed by atoms with Crippen LogP contribution in [0, 0.1) is 6.92 Å². The molecule has 18 heavy (non-hydrogen) atoms. The van der Waals surface area contributed by atoms with Gasteiger partial charge in [-0.3, -0.25) is 0 Å². The van der Waals surface area contributed by atoms with Crippen molar-refractivity contribution in [3.8, 4) is 11.8 Å². The molecule has 1 aromatic carbocycles. The van der Waals surface area contributed by atoms with Gasteiger partial charge in [0.15, 0.2) is 0 Å². The summed E-state index contributed by atoms with van der Waals surface area (Å²) in [7, 11) is 0. The zero-order valence-electron chi connectivity index (χ0n) is 10.8. The van der Waals surface area contributed by atoms with E-state index in [2.05, 4.69) is 35.9 Å². The zero-order valence-corrected chi connectivity index (χ0v) is 10.8.